The van der Waals surface area contributed by atoms with E-state index in [1.54, 1.807) is 18.2 Å². The van der Waals surface area contributed by atoms with Gasteiger partial charge < -0.3 is 10.1 Å². The first-order chi connectivity index (χ1) is 9.11. The van der Waals surface area contributed by atoms with Gasteiger partial charge >= 0.3 is 6.61 Å². The van der Waals surface area contributed by atoms with Gasteiger partial charge in [0.2, 0.25) is 0 Å². The molecule has 0 aromatic heterocycles. The number of alkyl halides is 2. The molecule has 0 saturated heterocycles. The van der Waals surface area contributed by atoms with Crippen LogP contribution in [0.25, 0.3) is 0 Å². The Labute approximate surface area is 115 Å². The molecule has 0 spiro atoms. The number of hydrogen-bond acceptors (Lipinski definition) is 3. The second-order valence-corrected chi connectivity index (χ2v) is 3.72. The minimum absolute atomic E-state index is 0.100. The Bertz CT molecular complexity index is 449. The van der Waals surface area contributed by atoms with Crippen LogP contribution in [0.3, 0.4) is 0 Å². The standard InChI is InChI=1S/C12H13F2N3OS/c1-2-7-15-12(19)17-16-8-9-3-5-10(6-4-9)18-11(13)14/h2-6,8,11H,1,7H2,(H2,15,17,19). The molecule has 1 aromatic rings. The number of rotatable bonds is 6. The molecule has 102 valence electrons. The van der Waals surface area contributed by atoms with E-state index in [4.69, 9.17) is 12.2 Å². The van der Waals surface area contributed by atoms with E-state index in [1.165, 1.54) is 18.3 Å². The third kappa shape index (κ3) is 6.46. The SMILES string of the molecule is C=CCNC(=S)NN=Cc1ccc(OC(F)F)cc1. The van der Waals surface area contributed by atoms with Gasteiger partial charge in [-0.15, -0.1) is 6.58 Å². The van der Waals surface area contributed by atoms with Gasteiger partial charge in [-0.2, -0.15) is 13.9 Å². The number of thiocarbonyl (C=S) groups is 1. The average molecular weight is 285 g/mol. The predicted octanol–water partition coefficient (Wildman–Crippen LogP) is 2.27. The lowest BCUT2D eigenvalue weighted by atomic mass is 10.2. The molecule has 0 heterocycles. The number of benzene rings is 1. The van der Waals surface area contributed by atoms with Crippen molar-refractivity contribution in [1.29, 1.82) is 0 Å². The maximum atomic E-state index is 11.9. The van der Waals surface area contributed by atoms with E-state index < -0.39 is 6.61 Å². The molecule has 0 bridgehead atoms. The normalized spacial score (nSPS) is 10.5. The van der Waals surface area contributed by atoms with Gasteiger partial charge in [-0.05, 0) is 42.0 Å². The molecule has 0 fully saturated rings. The van der Waals surface area contributed by atoms with Crippen LogP contribution < -0.4 is 15.5 Å². The molecule has 2 N–H and O–H groups in total. The minimum atomic E-state index is -2.82. The lowest BCUT2D eigenvalue weighted by Gasteiger charge is -2.04. The lowest BCUT2D eigenvalue weighted by Crippen LogP contribution is -2.31. The van der Waals surface area contributed by atoms with Gasteiger partial charge in [0.05, 0.1) is 6.21 Å². The zero-order chi connectivity index (χ0) is 14.1. The molecule has 4 nitrogen and oxygen atoms in total. The van der Waals surface area contributed by atoms with Crippen molar-refractivity contribution in [2.75, 3.05) is 6.54 Å². The molecule has 0 aliphatic carbocycles. The number of hydrazone groups is 1. The highest BCUT2D eigenvalue weighted by Gasteiger charge is 2.02. The Hall–Kier alpha value is -2.02. The first-order valence-corrected chi connectivity index (χ1v) is 5.75. The number of nitrogens with zero attached hydrogens (tertiary/aromatic N) is 1. The predicted molar refractivity (Wildman–Crippen MR) is 74.6 cm³/mol. The van der Waals surface area contributed by atoms with Crippen LogP contribution in [-0.2, 0) is 0 Å². The minimum Gasteiger partial charge on any atom is -0.435 e. The highest BCUT2D eigenvalue weighted by atomic mass is 32.1. The van der Waals surface area contributed by atoms with Crippen molar-refractivity contribution in [3.05, 3.63) is 42.5 Å². The van der Waals surface area contributed by atoms with Crippen molar-refractivity contribution in [3.63, 3.8) is 0 Å². The quantitative estimate of drug-likeness (QED) is 0.364. The van der Waals surface area contributed by atoms with Gasteiger partial charge in [0.1, 0.15) is 5.75 Å². The molecule has 1 rings (SSSR count). The van der Waals surface area contributed by atoms with Gasteiger partial charge in [0.25, 0.3) is 0 Å². The molecule has 0 atom stereocenters. The molecular weight excluding hydrogens is 272 g/mol. The van der Waals surface area contributed by atoms with Gasteiger partial charge in [-0.3, -0.25) is 5.43 Å². The Kier molecular flexibility index (Phi) is 6.45. The van der Waals surface area contributed by atoms with Crippen LogP contribution in [0.1, 0.15) is 5.56 Å². The van der Waals surface area contributed by atoms with Crippen LogP contribution in [0.2, 0.25) is 0 Å². The van der Waals surface area contributed by atoms with E-state index in [-0.39, 0.29) is 5.75 Å². The smallest absolute Gasteiger partial charge is 0.387 e. The highest BCUT2D eigenvalue weighted by molar-refractivity contribution is 7.80. The summed E-state index contributed by atoms with van der Waals surface area (Å²) in [6.45, 7) is 1.25. The van der Waals surface area contributed by atoms with Crippen molar-refractivity contribution < 1.29 is 13.5 Å². The highest BCUT2D eigenvalue weighted by Crippen LogP contribution is 2.13. The van der Waals surface area contributed by atoms with Crippen molar-refractivity contribution >= 4 is 23.5 Å². The molecule has 0 unspecified atom stereocenters. The third-order valence-electron chi connectivity index (χ3n) is 1.89. The van der Waals surface area contributed by atoms with Crippen molar-refractivity contribution in [1.82, 2.24) is 10.7 Å². The number of hydrogen-bond donors (Lipinski definition) is 2. The summed E-state index contributed by atoms with van der Waals surface area (Å²) in [5, 5.41) is 7.09. The molecule has 0 amide bonds. The maximum absolute atomic E-state index is 11.9. The van der Waals surface area contributed by atoms with Crippen LogP contribution in [0.4, 0.5) is 8.78 Å². The zero-order valence-electron chi connectivity index (χ0n) is 9.98. The molecule has 0 saturated carbocycles. The van der Waals surface area contributed by atoms with E-state index >= 15 is 0 Å². The molecule has 19 heavy (non-hydrogen) atoms. The molecular formula is C12H13F2N3OS. The summed E-state index contributed by atoms with van der Waals surface area (Å²) >= 11 is 4.92. The Morgan fingerprint density at radius 3 is 2.68 bits per heavy atom. The van der Waals surface area contributed by atoms with Crippen LogP contribution >= 0.6 is 12.2 Å². The molecule has 7 heteroatoms. The molecule has 0 aliphatic rings. The number of ether oxygens (including phenoxy) is 1. The second kappa shape index (κ2) is 8.15. The lowest BCUT2D eigenvalue weighted by molar-refractivity contribution is -0.0498. The molecule has 0 aliphatic heterocycles. The van der Waals surface area contributed by atoms with Gasteiger partial charge in [-0.1, -0.05) is 6.08 Å². The average Bonchev–Trinajstić information content (AvgIpc) is 2.38. The van der Waals surface area contributed by atoms with Crippen molar-refractivity contribution in [2.45, 2.75) is 6.61 Å². The third-order valence-corrected chi connectivity index (χ3v) is 2.13. The topological polar surface area (TPSA) is 45.7 Å². The van der Waals surface area contributed by atoms with E-state index in [0.29, 0.717) is 11.7 Å². The van der Waals surface area contributed by atoms with Gasteiger partial charge in [-0.25, -0.2) is 0 Å². The Morgan fingerprint density at radius 1 is 1.42 bits per heavy atom. The van der Waals surface area contributed by atoms with Crippen molar-refractivity contribution in [2.24, 2.45) is 5.10 Å². The maximum Gasteiger partial charge on any atom is 0.387 e. The second-order valence-electron chi connectivity index (χ2n) is 3.32. The monoisotopic (exact) mass is 285 g/mol. The summed E-state index contributed by atoms with van der Waals surface area (Å²) in [5.74, 6) is 0.100. The number of nitrogens with one attached hydrogen (secondary N) is 2. The summed E-state index contributed by atoms with van der Waals surface area (Å²) in [7, 11) is 0. The van der Waals surface area contributed by atoms with Crippen LogP contribution in [0.15, 0.2) is 42.0 Å². The fourth-order valence-electron chi connectivity index (χ4n) is 1.11. The summed E-state index contributed by atoms with van der Waals surface area (Å²) in [4.78, 5) is 0. The van der Waals surface area contributed by atoms with Gasteiger partial charge in [0, 0.05) is 6.54 Å². The summed E-state index contributed by atoms with van der Waals surface area (Å²) in [6.07, 6.45) is 3.17. The molecule has 0 radical (unpaired) electrons. The first-order valence-electron chi connectivity index (χ1n) is 5.34. The largest absolute Gasteiger partial charge is 0.435 e. The van der Waals surface area contributed by atoms with E-state index in [2.05, 4.69) is 27.2 Å². The fourth-order valence-corrected chi connectivity index (χ4v) is 1.24. The van der Waals surface area contributed by atoms with Gasteiger partial charge in [0.15, 0.2) is 5.11 Å². The van der Waals surface area contributed by atoms with Crippen molar-refractivity contribution in [3.8, 4) is 5.75 Å². The zero-order valence-corrected chi connectivity index (χ0v) is 10.8. The summed E-state index contributed by atoms with van der Waals surface area (Å²) in [5.41, 5.74) is 3.33. The van der Waals surface area contributed by atoms with Crippen LogP contribution in [0.5, 0.6) is 5.75 Å². The van der Waals surface area contributed by atoms with Crippen LogP contribution in [-0.4, -0.2) is 24.5 Å². The first kappa shape index (κ1) is 15.0. The Morgan fingerprint density at radius 2 is 2.11 bits per heavy atom. The van der Waals surface area contributed by atoms with Crippen LogP contribution in [0, 0.1) is 0 Å². The summed E-state index contributed by atoms with van der Waals surface area (Å²) in [6, 6.07) is 6.07. The number of halogens is 2. The fraction of sp³-hybridized carbons (Fsp3) is 0.167. The van der Waals surface area contributed by atoms with E-state index in [0.717, 1.165) is 5.56 Å². The van der Waals surface area contributed by atoms with E-state index in [9.17, 15) is 8.78 Å². The van der Waals surface area contributed by atoms with E-state index in [1.807, 2.05) is 0 Å². The Balaban J connectivity index is 2.44. The molecule has 1 aromatic carbocycles. The summed E-state index contributed by atoms with van der Waals surface area (Å²) < 4.78 is 28.1.